The van der Waals surface area contributed by atoms with Crippen LogP contribution in [-0.4, -0.2) is 13.1 Å². The average Bonchev–Trinajstić information content (AvgIpc) is 2.36. The minimum absolute atomic E-state index is 0.321. The van der Waals surface area contributed by atoms with Crippen molar-refractivity contribution < 1.29 is 9.53 Å². The van der Waals surface area contributed by atoms with Crippen molar-refractivity contribution in [3.05, 3.63) is 47.5 Å². The van der Waals surface area contributed by atoms with E-state index in [4.69, 9.17) is 11.6 Å². The molecule has 0 bridgehead atoms. The third-order valence-electron chi connectivity index (χ3n) is 2.54. The van der Waals surface area contributed by atoms with Crippen LogP contribution in [0.5, 0.6) is 0 Å². The van der Waals surface area contributed by atoms with E-state index in [2.05, 4.69) is 4.74 Å². The Morgan fingerprint density at radius 1 is 1.31 bits per heavy atom. The molecule has 2 aromatic carbocycles. The quantitative estimate of drug-likeness (QED) is 0.588. The van der Waals surface area contributed by atoms with Crippen LogP contribution < -0.4 is 0 Å². The lowest BCUT2D eigenvalue weighted by Gasteiger charge is -2.05. The summed E-state index contributed by atoms with van der Waals surface area (Å²) in [6.07, 6.45) is 0. The van der Waals surface area contributed by atoms with Gasteiger partial charge in [-0.05, 0) is 28.5 Å². The fraction of sp³-hybridized carbons (Fsp3) is 0.154. The number of hydrogen-bond donors (Lipinski definition) is 0. The third-order valence-corrected chi connectivity index (χ3v) is 2.82. The molecule has 0 amide bonds. The Kier molecular flexibility index (Phi) is 3.11. The summed E-state index contributed by atoms with van der Waals surface area (Å²) in [7, 11) is 1.38. The molecular formula is C13H11ClO2. The molecule has 0 heterocycles. The van der Waals surface area contributed by atoms with Gasteiger partial charge < -0.3 is 4.74 Å². The van der Waals surface area contributed by atoms with Crippen molar-refractivity contribution in [1.82, 2.24) is 0 Å². The van der Waals surface area contributed by atoms with Gasteiger partial charge in [-0.3, -0.25) is 0 Å². The summed E-state index contributed by atoms with van der Waals surface area (Å²) in [5, 5.41) is 2.08. The first-order valence-corrected chi connectivity index (χ1v) is 5.45. The van der Waals surface area contributed by atoms with Crippen molar-refractivity contribution in [2.24, 2.45) is 0 Å². The zero-order valence-electron chi connectivity index (χ0n) is 8.87. The smallest absolute Gasteiger partial charge is 0.337 e. The maximum absolute atomic E-state index is 11.4. The van der Waals surface area contributed by atoms with Crippen LogP contribution in [0.25, 0.3) is 10.8 Å². The van der Waals surface area contributed by atoms with Crippen LogP contribution in [0.4, 0.5) is 0 Å². The summed E-state index contributed by atoms with van der Waals surface area (Å²) < 4.78 is 4.68. The number of rotatable bonds is 2. The van der Waals surface area contributed by atoms with Crippen LogP contribution in [-0.2, 0) is 10.6 Å². The van der Waals surface area contributed by atoms with Crippen LogP contribution in [0.15, 0.2) is 36.4 Å². The second kappa shape index (κ2) is 4.54. The van der Waals surface area contributed by atoms with Crippen molar-refractivity contribution in [3.63, 3.8) is 0 Å². The van der Waals surface area contributed by atoms with E-state index in [1.807, 2.05) is 30.3 Å². The fourth-order valence-corrected chi connectivity index (χ4v) is 1.95. The number of ether oxygens (including phenoxy) is 1. The van der Waals surface area contributed by atoms with Crippen molar-refractivity contribution >= 4 is 28.3 Å². The van der Waals surface area contributed by atoms with Gasteiger partial charge in [0, 0.05) is 5.88 Å². The summed E-state index contributed by atoms with van der Waals surface area (Å²) in [4.78, 5) is 11.4. The number of fused-ring (bicyclic) bond motifs is 1. The average molecular weight is 235 g/mol. The minimum atomic E-state index is -0.321. The molecular weight excluding hydrogens is 224 g/mol. The lowest BCUT2D eigenvalue weighted by molar-refractivity contribution is 0.0601. The van der Waals surface area contributed by atoms with Crippen molar-refractivity contribution in [2.75, 3.05) is 7.11 Å². The SMILES string of the molecule is COC(=O)c1ccc2c(CCl)cccc2c1. The molecule has 0 aliphatic heterocycles. The Morgan fingerprint density at radius 2 is 2.12 bits per heavy atom. The maximum Gasteiger partial charge on any atom is 0.337 e. The Hall–Kier alpha value is -1.54. The van der Waals surface area contributed by atoms with E-state index >= 15 is 0 Å². The lowest BCUT2D eigenvalue weighted by Crippen LogP contribution is -2.00. The van der Waals surface area contributed by atoms with Crippen LogP contribution in [0.1, 0.15) is 15.9 Å². The van der Waals surface area contributed by atoms with Crippen LogP contribution >= 0.6 is 11.6 Å². The number of methoxy groups -OCH3 is 1. The van der Waals surface area contributed by atoms with Gasteiger partial charge in [0.05, 0.1) is 12.7 Å². The van der Waals surface area contributed by atoms with Gasteiger partial charge in [0.15, 0.2) is 0 Å². The number of esters is 1. The second-order valence-electron chi connectivity index (χ2n) is 3.48. The first-order valence-electron chi connectivity index (χ1n) is 4.92. The Labute approximate surface area is 98.8 Å². The van der Waals surface area contributed by atoms with Gasteiger partial charge in [0.1, 0.15) is 0 Å². The zero-order valence-corrected chi connectivity index (χ0v) is 9.62. The van der Waals surface area contributed by atoms with Gasteiger partial charge in [-0.1, -0.05) is 24.3 Å². The number of carbonyl (C=O) groups is 1. The summed E-state index contributed by atoms with van der Waals surface area (Å²) >= 11 is 5.84. The number of benzene rings is 2. The first kappa shape index (κ1) is 11.0. The highest BCUT2D eigenvalue weighted by Crippen LogP contribution is 2.21. The molecule has 0 saturated carbocycles. The number of alkyl halides is 1. The second-order valence-corrected chi connectivity index (χ2v) is 3.75. The van der Waals surface area contributed by atoms with Crippen LogP contribution in [0, 0.1) is 0 Å². The van der Waals surface area contributed by atoms with E-state index in [1.54, 1.807) is 6.07 Å². The number of hydrogen-bond acceptors (Lipinski definition) is 2. The third kappa shape index (κ3) is 1.89. The molecule has 0 N–H and O–H groups in total. The molecule has 82 valence electrons. The summed E-state index contributed by atoms with van der Waals surface area (Å²) in [5.41, 5.74) is 1.62. The van der Waals surface area contributed by atoms with E-state index in [0.29, 0.717) is 11.4 Å². The van der Waals surface area contributed by atoms with Crippen molar-refractivity contribution in [3.8, 4) is 0 Å². The predicted molar refractivity (Wildman–Crippen MR) is 64.8 cm³/mol. The molecule has 16 heavy (non-hydrogen) atoms. The van der Waals surface area contributed by atoms with E-state index in [0.717, 1.165) is 16.3 Å². The predicted octanol–water partition coefficient (Wildman–Crippen LogP) is 3.37. The molecule has 0 spiro atoms. The number of carbonyl (C=O) groups excluding carboxylic acids is 1. The molecule has 0 aromatic heterocycles. The van der Waals surface area contributed by atoms with Gasteiger partial charge in [-0.2, -0.15) is 0 Å². The first-order chi connectivity index (χ1) is 7.76. The Bertz CT molecular complexity index is 534. The summed E-state index contributed by atoms with van der Waals surface area (Å²) in [5.74, 6) is 0.146. The Morgan fingerprint density at radius 3 is 2.81 bits per heavy atom. The molecule has 0 aliphatic carbocycles. The molecule has 3 heteroatoms. The van der Waals surface area contributed by atoms with E-state index in [1.165, 1.54) is 7.11 Å². The molecule has 2 aromatic rings. The number of halogens is 1. The molecule has 2 nitrogen and oxygen atoms in total. The largest absolute Gasteiger partial charge is 0.465 e. The van der Waals surface area contributed by atoms with Crippen LogP contribution in [0.3, 0.4) is 0 Å². The van der Waals surface area contributed by atoms with Gasteiger partial charge in [0.2, 0.25) is 0 Å². The zero-order chi connectivity index (χ0) is 11.5. The van der Waals surface area contributed by atoms with E-state index in [-0.39, 0.29) is 5.97 Å². The van der Waals surface area contributed by atoms with Gasteiger partial charge in [0.25, 0.3) is 0 Å². The molecule has 0 aliphatic rings. The highest BCUT2D eigenvalue weighted by atomic mass is 35.5. The lowest BCUT2D eigenvalue weighted by atomic mass is 10.0. The van der Waals surface area contributed by atoms with Crippen molar-refractivity contribution in [1.29, 1.82) is 0 Å². The van der Waals surface area contributed by atoms with Crippen LogP contribution in [0.2, 0.25) is 0 Å². The minimum Gasteiger partial charge on any atom is -0.465 e. The molecule has 0 unspecified atom stereocenters. The topological polar surface area (TPSA) is 26.3 Å². The molecule has 0 atom stereocenters. The molecule has 2 rings (SSSR count). The summed E-state index contributed by atoms with van der Waals surface area (Å²) in [6.45, 7) is 0. The fourth-order valence-electron chi connectivity index (χ4n) is 1.71. The monoisotopic (exact) mass is 234 g/mol. The standard InChI is InChI=1S/C13H11ClO2/c1-16-13(15)10-5-6-12-9(7-10)3-2-4-11(12)8-14/h2-7H,8H2,1H3. The molecule has 0 radical (unpaired) electrons. The highest BCUT2D eigenvalue weighted by Gasteiger charge is 2.07. The molecule has 0 saturated heterocycles. The Balaban J connectivity index is 2.59. The summed E-state index contributed by atoms with van der Waals surface area (Å²) in [6, 6.07) is 11.3. The molecule has 0 fully saturated rings. The normalized spacial score (nSPS) is 10.4. The van der Waals surface area contributed by atoms with E-state index in [9.17, 15) is 4.79 Å². The van der Waals surface area contributed by atoms with Gasteiger partial charge in [-0.15, -0.1) is 11.6 Å². The highest BCUT2D eigenvalue weighted by molar-refractivity contribution is 6.18. The van der Waals surface area contributed by atoms with E-state index < -0.39 is 0 Å². The van der Waals surface area contributed by atoms with Crippen molar-refractivity contribution in [2.45, 2.75) is 5.88 Å². The maximum atomic E-state index is 11.4. The van der Waals surface area contributed by atoms with Gasteiger partial charge >= 0.3 is 5.97 Å². The van der Waals surface area contributed by atoms with Gasteiger partial charge in [-0.25, -0.2) is 4.79 Å².